The zero-order chi connectivity index (χ0) is 18.6. The third-order valence-electron chi connectivity index (χ3n) is 4.91. The monoisotopic (exact) mass is 420 g/mol. The average molecular weight is 421 g/mol. The summed E-state index contributed by atoms with van der Waals surface area (Å²) >= 11 is 13.5. The van der Waals surface area contributed by atoms with Crippen molar-refractivity contribution in [2.45, 2.75) is 19.4 Å². The Hall–Kier alpha value is -1.17. The van der Waals surface area contributed by atoms with E-state index in [0.29, 0.717) is 33.9 Å². The maximum absolute atomic E-state index is 12.4. The minimum Gasteiger partial charge on any atom is -0.550 e. The number of amides is 1. The molecule has 27 heavy (non-hydrogen) atoms. The van der Waals surface area contributed by atoms with Crippen LogP contribution in [0.15, 0.2) is 5.38 Å². The van der Waals surface area contributed by atoms with E-state index in [1.54, 1.807) is 12.3 Å². The predicted octanol–water partition coefficient (Wildman–Crippen LogP) is -1.75. The van der Waals surface area contributed by atoms with Crippen LogP contribution in [0.5, 0.6) is 0 Å². The van der Waals surface area contributed by atoms with Crippen molar-refractivity contribution in [3.63, 3.8) is 0 Å². The number of anilines is 1. The summed E-state index contributed by atoms with van der Waals surface area (Å²) in [6.07, 6.45) is -0.172. The minimum absolute atomic E-state index is 0. The normalized spacial score (nSPS) is 22.9. The van der Waals surface area contributed by atoms with Gasteiger partial charge in [0.25, 0.3) is 5.91 Å². The molecule has 1 aliphatic heterocycles. The fourth-order valence-corrected chi connectivity index (χ4v) is 4.78. The molecule has 1 saturated carbocycles. The van der Waals surface area contributed by atoms with Gasteiger partial charge in [0.15, 0.2) is 5.13 Å². The molecule has 7 nitrogen and oxygen atoms in total. The maximum Gasteiger partial charge on any atom is 1.00 e. The van der Waals surface area contributed by atoms with Crippen molar-refractivity contribution >= 4 is 51.5 Å². The summed E-state index contributed by atoms with van der Waals surface area (Å²) in [4.78, 5) is 32.4. The topological polar surface area (TPSA) is 101 Å². The Kier molecular flexibility index (Phi) is 5.85. The van der Waals surface area contributed by atoms with Crippen LogP contribution in [0.3, 0.4) is 0 Å². The van der Waals surface area contributed by atoms with Crippen LogP contribution in [0.4, 0.5) is 5.13 Å². The summed E-state index contributed by atoms with van der Waals surface area (Å²) in [6, 6.07) is 0.111. The molecule has 0 aromatic carbocycles. The molecule has 0 bridgehead atoms. The van der Waals surface area contributed by atoms with E-state index in [9.17, 15) is 14.7 Å². The Morgan fingerprint density at radius 3 is 2.59 bits per heavy atom. The first-order valence-electron chi connectivity index (χ1n) is 8.08. The number of carboxylic acids is 1. The van der Waals surface area contributed by atoms with E-state index in [2.05, 4.69) is 20.2 Å². The Morgan fingerprint density at radius 2 is 2.04 bits per heavy atom. The molecule has 1 unspecified atom stereocenters. The van der Waals surface area contributed by atoms with Crippen molar-refractivity contribution in [3.8, 4) is 0 Å². The Bertz CT molecular complexity index is 890. The van der Waals surface area contributed by atoms with Crippen LogP contribution >= 0.6 is 34.5 Å². The predicted molar refractivity (Wildman–Crippen MR) is 96.8 cm³/mol. The molecule has 1 aliphatic carbocycles. The number of thiazole rings is 1. The summed E-state index contributed by atoms with van der Waals surface area (Å²) < 4.78 is 0. The molecule has 138 valence electrons. The van der Waals surface area contributed by atoms with Crippen molar-refractivity contribution in [3.05, 3.63) is 32.5 Å². The van der Waals surface area contributed by atoms with Crippen molar-refractivity contribution in [1.82, 2.24) is 15.3 Å². The molecule has 2 aliphatic rings. The number of fused-ring (bicyclic) bond motifs is 1. The number of aromatic nitrogens is 2. The average Bonchev–Trinajstić information content (AvgIpc) is 2.99. The van der Waals surface area contributed by atoms with E-state index in [1.165, 1.54) is 11.3 Å². The molecule has 3 atom stereocenters. The van der Waals surface area contributed by atoms with Crippen LogP contribution < -0.4 is 34.2 Å². The number of hydrogen-bond acceptors (Lipinski definition) is 6. The molecule has 4 rings (SSSR count). The number of nitrogens with zero attached hydrogens (tertiary/aromatic N) is 2. The number of H-pyrrole nitrogens is 1. The molecule has 1 saturated heterocycles. The van der Waals surface area contributed by atoms with E-state index in [-0.39, 0.29) is 42.3 Å². The first-order valence-corrected chi connectivity index (χ1v) is 9.72. The number of aryl methyl sites for hydroxylation is 1. The van der Waals surface area contributed by atoms with Gasteiger partial charge in [-0.15, -0.1) is 11.3 Å². The summed E-state index contributed by atoms with van der Waals surface area (Å²) in [5.74, 6) is -0.663. The van der Waals surface area contributed by atoms with Gasteiger partial charge < -0.3 is 25.1 Å². The number of halogens is 2. The summed E-state index contributed by atoms with van der Waals surface area (Å²) in [5.41, 5.74) is 1.48. The van der Waals surface area contributed by atoms with Gasteiger partial charge in [0, 0.05) is 54.4 Å². The zero-order valence-electron chi connectivity index (χ0n) is 14.7. The van der Waals surface area contributed by atoms with Crippen LogP contribution in [0.2, 0.25) is 10.0 Å². The Labute approximate surface area is 181 Å². The van der Waals surface area contributed by atoms with E-state index < -0.39 is 5.97 Å². The zero-order valence-corrected chi connectivity index (χ0v) is 17.0. The first-order chi connectivity index (χ1) is 12.3. The van der Waals surface area contributed by atoms with Gasteiger partial charge >= 0.3 is 18.9 Å². The number of nitrogens with one attached hydrogen (secondary N) is 2. The standard InChI is InChI=1S/C16H16Cl2N4O3S.Li/c1-6-11(17)12(18)14(19-6)15(25)21-13-8-3-22(4-9(8)13)16-20-7(5-26-16)2-10(23)24;/h5,8-9,13,19H,2-4H2,1H3,(H,21,25)(H,23,24);/q;+1/p-1/t8-,9+,13?;. The van der Waals surface area contributed by atoms with Gasteiger partial charge in [0.1, 0.15) is 5.69 Å². The number of piperidine rings is 1. The second-order valence-corrected chi connectivity index (χ2v) is 8.25. The van der Waals surface area contributed by atoms with Gasteiger partial charge in [-0.1, -0.05) is 23.2 Å². The molecular weight excluding hydrogens is 406 g/mol. The molecular formula is C16H15Cl2LiN4O3S. The van der Waals surface area contributed by atoms with Gasteiger partial charge in [-0.25, -0.2) is 4.98 Å². The number of carbonyl (C=O) groups excluding carboxylic acids is 2. The van der Waals surface area contributed by atoms with Crippen molar-refractivity contribution in [2.24, 2.45) is 11.8 Å². The fraction of sp³-hybridized carbons (Fsp3) is 0.438. The van der Waals surface area contributed by atoms with Gasteiger partial charge in [-0.2, -0.15) is 0 Å². The number of aromatic amines is 1. The number of rotatable bonds is 5. The van der Waals surface area contributed by atoms with Gasteiger partial charge in [0.05, 0.1) is 15.7 Å². The summed E-state index contributed by atoms with van der Waals surface area (Å²) in [6.45, 7) is 3.33. The molecule has 0 spiro atoms. The molecule has 2 aromatic heterocycles. The van der Waals surface area contributed by atoms with E-state index in [4.69, 9.17) is 23.2 Å². The molecule has 2 aromatic rings. The maximum atomic E-state index is 12.4. The summed E-state index contributed by atoms with van der Waals surface area (Å²) in [7, 11) is 0. The second-order valence-electron chi connectivity index (χ2n) is 6.66. The number of hydrogen-bond donors (Lipinski definition) is 2. The number of carboxylic acid groups (broad SMARTS) is 1. The van der Waals surface area contributed by atoms with E-state index in [1.807, 2.05) is 0 Å². The van der Waals surface area contributed by atoms with Crippen molar-refractivity contribution < 1.29 is 33.6 Å². The Balaban J connectivity index is 0.00000210. The van der Waals surface area contributed by atoms with Crippen molar-refractivity contribution in [2.75, 3.05) is 18.0 Å². The van der Waals surface area contributed by atoms with E-state index in [0.717, 1.165) is 18.2 Å². The van der Waals surface area contributed by atoms with E-state index >= 15 is 0 Å². The smallest absolute Gasteiger partial charge is 0.550 e. The molecule has 2 N–H and O–H groups in total. The van der Waals surface area contributed by atoms with Crippen molar-refractivity contribution in [1.29, 1.82) is 0 Å². The number of aliphatic carboxylic acids is 1. The molecule has 0 radical (unpaired) electrons. The molecule has 1 amide bonds. The van der Waals surface area contributed by atoms with Crippen LogP contribution in [0.1, 0.15) is 21.9 Å². The second kappa shape index (κ2) is 7.68. The third-order valence-corrected chi connectivity index (χ3v) is 6.81. The van der Waals surface area contributed by atoms with Crippen LogP contribution in [-0.2, 0) is 11.2 Å². The Morgan fingerprint density at radius 1 is 1.37 bits per heavy atom. The van der Waals surface area contributed by atoms with Gasteiger partial charge in [0.2, 0.25) is 0 Å². The van der Waals surface area contributed by atoms with Crippen LogP contribution in [-0.4, -0.2) is 41.0 Å². The fourth-order valence-electron chi connectivity index (χ4n) is 3.52. The quantitative estimate of drug-likeness (QED) is 0.558. The molecule has 3 heterocycles. The molecule has 11 heteroatoms. The minimum atomic E-state index is -1.13. The third kappa shape index (κ3) is 3.87. The summed E-state index contributed by atoms with van der Waals surface area (Å²) in [5, 5.41) is 16.8. The van der Waals surface area contributed by atoms with Crippen LogP contribution in [0.25, 0.3) is 0 Å². The van der Waals surface area contributed by atoms with Crippen LogP contribution in [0, 0.1) is 18.8 Å². The first kappa shape index (κ1) is 20.6. The number of carbonyl (C=O) groups is 2. The largest absolute Gasteiger partial charge is 1.00 e. The van der Waals surface area contributed by atoms with Gasteiger partial charge in [-0.05, 0) is 6.92 Å². The molecule has 2 fully saturated rings. The van der Waals surface area contributed by atoms with Gasteiger partial charge in [-0.3, -0.25) is 4.79 Å². The SMILES string of the molecule is Cc1[nH]c(C(=O)NC2[C@H]3CN(c4nc(CC(=O)[O-])cs4)C[C@@H]23)c(Cl)c1Cl.[Li+].